The summed E-state index contributed by atoms with van der Waals surface area (Å²) in [6, 6.07) is 11.8. The van der Waals surface area contributed by atoms with E-state index in [4.69, 9.17) is 32.7 Å². The van der Waals surface area contributed by atoms with Crippen molar-refractivity contribution in [3.63, 3.8) is 0 Å². The Labute approximate surface area is 133 Å². The zero-order valence-corrected chi connectivity index (χ0v) is 12.9. The number of hydrogen-bond donors (Lipinski definition) is 0. The molecule has 21 heavy (non-hydrogen) atoms. The van der Waals surface area contributed by atoms with Crippen LogP contribution in [0.5, 0.6) is 11.5 Å². The fourth-order valence-electron chi connectivity index (χ4n) is 1.74. The Bertz CT molecular complexity index is 624. The molecule has 0 bridgehead atoms. The lowest BCUT2D eigenvalue weighted by Crippen LogP contribution is -2.12. The van der Waals surface area contributed by atoms with E-state index < -0.39 is 0 Å². The van der Waals surface area contributed by atoms with Gasteiger partial charge in [0.25, 0.3) is 0 Å². The number of Topliss-reactive ketones (excluding diaryl/α,β-unsaturated/α-hetero) is 1. The Kier molecular flexibility index (Phi) is 5.48. The van der Waals surface area contributed by atoms with Gasteiger partial charge >= 0.3 is 0 Å². The normalized spacial score (nSPS) is 10.2. The Hall–Kier alpha value is -1.71. The summed E-state index contributed by atoms with van der Waals surface area (Å²) in [6.07, 6.45) is 0. The maximum Gasteiger partial charge on any atom is 0.201 e. The van der Waals surface area contributed by atoms with Gasteiger partial charge in [-0.2, -0.15) is 0 Å². The molecule has 0 unspecified atom stereocenters. The Balaban J connectivity index is 1.99. The molecule has 0 aliphatic rings. The number of hydrogen-bond acceptors (Lipinski definition) is 3. The van der Waals surface area contributed by atoms with Gasteiger partial charge in [-0.15, -0.1) is 0 Å². The number of ether oxygens (including phenoxy) is 2. The number of benzene rings is 2. The first-order valence-corrected chi connectivity index (χ1v) is 7.19. The van der Waals surface area contributed by atoms with Crippen molar-refractivity contribution in [2.45, 2.75) is 6.92 Å². The van der Waals surface area contributed by atoms with Crippen LogP contribution in [0, 0.1) is 0 Å². The van der Waals surface area contributed by atoms with Crippen LogP contribution in [0.4, 0.5) is 0 Å². The molecule has 0 fully saturated rings. The molecule has 2 aromatic carbocycles. The van der Waals surface area contributed by atoms with Crippen molar-refractivity contribution in [3.05, 3.63) is 58.1 Å². The lowest BCUT2D eigenvalue weighted by molar-refractivity contribution is 0.0921. The van der Waals surface area contributed by atoms with Crippen LogP contribution < -0.4 is 9.47 Å². The largest absolute Gasteiger partial charge is 0.494 e. The maximum atomic E-state index is 12.1. The molecule has 5 heteroatoms. The molecule has 2 aromatic rings. The molecule has 0 aliphatic heterocycles. The van der Waals surface area contributed by atoms with E-state index in [1.54, 1.807) is 36.4 Å². The molecular formula is C16H14Cl2O3. The van der Waals surface area contributed by atoms with E-state index in [1.165, 1.54) is 6.07 Å². The quantitative estimate of drug-likeness (QED) is 0.725. The Morgan fingerprint density at radius 3 is 2.24 bits per heavy atom. The van der Waals surface area contributed by atoms with Crippen molar-refractivity contribution in [1.82, 2.24) is 0 Å². The number of rotatable bonds is 6. The average Bonchev–Trinajstić information content (AvgIpc) is 2.49. The lowest BCUT2D eigenvalue weighted by atomic mass is 10.1. The summed E-state index contributed by atoms with van der Waals surface area (Å²) in [5.41, 5.74) is 0.357. The van der Waals surface area contributed by atoms with Gasteiger partial charge in [-0.1, -0.05) is 23.2 Å². The van der Waals surface area contributed by atoms with Gasteiger partial charge in [0.15, 0.2) is 6.61 Å². The zero-order chi connectivity index (χ0) is 15.2. The number of halogens is 2. The van der Waals surface area contributed by atoms with Crippen molar-refractivity contribution >= 4 is 29.0 Å². The highest BCUT2D eigenvalue weighted by Crippen LogP contribution is 2.22. The van der Waals surface area contributed by atoms with Gasteiger partial charge < -0.3 is 9.47 Å². The van der Waals surface area contributed by atoms with Gasteiger partial charge in [0.2, 0.25) is 5.78 Å². The first-order valence-electron chi connectivity index (χ1n) is 6.44. The summed E-state index contributed by atoms with van der Waals surface area (Å²) in [5.74, 6) is 1.12. The van der Waals surface area contributed by atoms with Gasteiger partial charge in [-0.25, -0.2) is 0 Å². The number of ketones is 1. The van der Waals surface area contributed by atoms with Gasteiger partial charge in [-0.05, 0) is 49.4 Å². The molecule has 110 valence electrons. The molecule has 0 radical (unpaired) electrons. The van der Waals surface area contributed by atoms with Crippen LogP contribution >= 0.6 is 23.2 Å². The topological polar surface area (TPSA) is 35.5 Å². The van der Waals surface area contributed by atoms with Crippen LogP contribution in [-0.2, 0) is 0 Å². The highest BCUT2D eigenvalue weighted by Gasteiger charge is 2.12. The standard InChI is InChI=1S/C16H14Cl2O3/c1-2-20-12-4-6-13(7-5-12)21-10-16(19)14-9-11(17)3-8-15(14)18/h3-9H,2,10H2,1H3. The second-order valence-electron chi connectivity index (χ2n) is 4.24. The van der Waals surface area contributed by atoms with Gasteiger partial charge in [0, 0.05) is 10.6 Å². The van der Waals surface area contributed by atoms with Crippen LogP contribution in [-0.4, -0.2) is 19.0 Å². The summed E-state index contributed by atoms with van der Waals surface area (Å²) in [4.78, 5) is 12.1. The molecule has 0 saturated heterocycles. The van der Waals surface area contributed by atoms with E-state index in [0.29, 0.717) is 28.0 Å². The van der Waals surface area contributed by atoms with Crippen LogP contribution in [0.15, 0.2) is 42.5 Å². The predicted octanol–water partition coefficient (Wildman–Crippen LogP) is 4.65. The molecule has 0 spiro atoms. The predicted molar refractivity (Wildman–Crippen MR) is 83.9 cm³/mol. The van der Waals surface area contributed by atoms with Crippen LogP contribution in [0.1, 0.15) is 17.3 Å². The Morgan fingerprint density at radius 1 is 1.00 bits per heavy atom. The summed E-state index contributed by atoms with van der Waals surface area (Å²) in [7, 11) is 0. The monoisotopic (exact) mass is 324 g/mol. The van der Waals surface area contributed by atoms with E-state index in [9.17, 15) is 4.79 Å². The molecule has 0 atom stereocenters. The third-order valence-corrected chi connectivity index (χ3v) is 3.30. The first-order chi connectivity index (χ1) is 10.1. The number of carbonyl (C=O) groups is 1. The summed E-state index contributed by atoms with van der Waals surface area (Å²) >= 11 is 11.8. The average molecular weight is 325 g/mol. The first kappa shape index (κ1) is 15.7. The number of carbonyl (C=O) groups excluding carboxylic acids is 1. The third-order valence-electron chi connectivity index (χ3n) is 2.73. The van der Waals surface area contributed by atoms with Crippen LogP contribution in [0.2, 0.25) is 10.0 Å². The van der Waals surface area contributed by atoms with Gasteiger partial charge in [0.05, 0.1) is 11.6 Å². The van der Waals surface area contributed by atoms with E-state index in [2.05, 4.69) is 0 Å². The maximum absolute atomic E-state index is 12.1. The van der Waals surface area contributed by atoms with Crippen molar-refractivity contribution in [2.24, 2.45) is 0 Å². The van der Waals surface area contributed by atoms with Crippen molar-refractivity contribution in [3.8, 4) is 11.5 Å². The second kappa shape index (κ2) is 7.34. The van der Waals surface area contributed by atoms with Crippen molar-refractivity contribution in [2.75, 3.05) is 13.2 Å². The minimum absolute atomic E-state index is 0.103. The van der Waals surface area contributed by atoms with E-state index in [-0.39, 0.29) is 12.4 Å². The third kappa shape index (κ3) is 4.38. The van der Waals surface area contributed by atoms with E-state index in [0.717, 1.165) is 5.75 Å². The van der Waals surface area contributed by atoms with E-state index >= 15 is 0 Å². The zero-order valence-electron chi connectivity index (χ0n) is 11.4. The van der Waals surface area contributed by atoms with Gasteiger partial charge in [0.1, 0.15) is 11.5 Å². The SMILES string of the molecule is CCOc1ccc(OCC(=O)c2cc(Cl)ccc2Cl)cc1. The fraction of sp³-hybridized carbons (Fsp3) is 0.188. The molecule has 0 N–H and O–H groups in total. The highest BCUT2D eigenvalue weighted by atomic mass is 35.5. The smallest absolute Gasteiger partial charge is 0.201 e. The van der Waals surface area contributed by atoms with Crippen LogP contribution in [0.25, 0.3) is 0 Å². The fourth-order valence-corrected chi connectivity index (χ4v) is 2.13. The minimum atomic E-state index is -0.226. The minimum Gasteiger partial charge on any atom is -0.494 e. The van der Waals surface area contributed by atoms with Crippen LogP contribution in [0.3, 0.4) is 0 Å². The van der Waals surface area contributed by atoms with Crippen molar-refractivity contribution in [1.29, 1.82) is 0 Å². The van der Waals surface area contributed by atoms with Crippen molar-refractivity contribution < 1.29 is 14.3 Å². The molecule has 0 saturated carbocycles. The molecule has 0 amide bonds. The molecule has 3 nitrogen and oxygen atoms in total. The van der Waals surface area contributed by atoms with Gasteiger partial charge in [-0.3, -0.25) is 4.79 Å². The molecule has 0 aliphatic carbocycles. The highest BCUT2D eigenvalue weighted by molar-refractivity contribution is 6.35. The molecule has 0 heterocycles. The summed E-state index contributed by atoms with van der Waals surface area (Å²) in [6.45, 7) is 2.41. The van der Waals surface area contributed by atoms with E-state index in [1.807, 2.05) is 6.92 Å². The molecular weight excluding hydrogens is 311 g/mol. The molecule has 2 rings (SSSR count). The summed E-state index contributed by atoms with van der Waals surface area (Å²) < 4.78 is 10.8. The summed E-state index contributed by atoms with van der Waals surface area (Å²) in [5, 5.41) is 0.823. The lowest BCUT2D eigenvalue weighted by Gasteiger charge is -2.08. The molecule has 0 aromatic heterocycles. The second-order valence-corrected chi connectivity index (χ2v) is 5.08. The Morgan fingerprint density at radius 2 is 1.62 bits per heavy atom.